The molecule has 2 amide bonds. The van der Waals surface area contributed by atoms with Gasteiger partial charge in [-0.3, -0.25) is 9.59 Å². The molecule has 2 aromatic carbocycles. The molecule has 1 heterocycles. The van der Waals surface area contributed by atoms with Crippen molar-refractivity contribution in [1.29, 1.82) is 0 Å². The van der Waals surface area contributed by atoms with Crippen molar-refractivity contribution in [2.45, 2.75) is 40.5 Å². The Kier molecular flexibility index (Phi) is 6.71. The fourth-order valence-electron chi connectivity index (χ4n) is 3.32. The Morgan fingerprint density at radius 2 is 1.90 bits per heavy atom. The van der Waals surface area contributed by atoms with E-state index >= 15 is 0 Å². The highest BCUT2D eigenvalue weighted by atomic mass is 35.5. The fraction of sp³-hybridized carbons (Fsp3) is 0.417. The number of nitrogens with zero attached hydrogens (tertiary/aromatic N) is 1. The summed E-state index contributed by atoms with van der Waals surface area (Å²) < 4.78 is 5.95. The standard InChI is InChI=1S/C24H29ClN2O3/c1-16(2)11-12-27-20-14-19(9-10-21(20)30-15-24(3,4)23(27)29)26-22(28)13-17-5-7-18(25)8-6-17/h5-10,14,16H,11-13,15H2,1-4H3,(H,26,28). The smallest absolute Gasteiger partial charge is 0.236 e. The summed E-state index contributed by atoms with van der Waals surface area (Å²) >= 11 is 5.90. The van der Waals surface area contributed by atoms with Gasteiger partial charge in [-0.25, -0.2) is 0 Å². The first-order valence-corrected chi connectivity index (χ1v) is 10.7. The molecule has 0 saturated heterocycles. The van der Waals surface area contributed by atoms with Gasteiger partial charge in [0.25, 0.3) is 0 Å². The molecule has 0 aliphatic carbocycles. The maximum atomic E-state index is 13.2. The first kappa shape index (κ1) is 22.2. The normalized spacial score (nSPS) is 15.4. The van der Waals surface area contributed by atoms with Gasteiger partial charge in [-0.15, -0.1) is 0 Å². The lowest BCUT2D eigenvalue weighted by atomic mass is 9.92. The minimum Gasteiger partial charge on any atom is -0.490 e. The summed E-state index contributed by atoms with van der Waals surface area (Å²) in [6.07, 6.45) is 1.13. The molecule has 0 spiro atoms. The Labute approximate surface area is 183 Å². The van der Waals surface area contributed by atoms with Crippen LogP contribution in [-0.4, -0.2) is 25.0 Å². The van der Waals surface area contributed by atoms with Gasteiger partial charge >= 0.3 is 0 Å². The minimum absolute atomic E-state index is 0.0338. The second-order valence-electron chi connectivity index (χ2n) is 8.85. The molecule has 0 saturated carbocycles. The second kappa shape index (κ2) is 9.09. The van der Waals surface area contributed by atoms with Gasteiger partial charge in [0.15, 0.2) is 0 Å². The Morgan fingerprint density at radius 1 is 1.20 bits per heavy atom. The maximum Gasteiger partial charge on any atom is 0.236 e. The molecular weight excluding hydrogens is 400 g/mol. The third kappa shape index (κ3) is 5.33. The van der Waals surface area contributed by atoms with E-state index in [1.165, 1.54) is 0 Å². The van der Waals surface area contributed by atoms with Crippen LogP contribution in [0.4, 0.5) is 11.4 Å². The van der Waals surface area contributed by atoms with Crippen LogP contribution < -0.4 is 15.0 Å². The zero-order chi connectivity index (χ0) is 21.9. The predicted octanol–water partition coefficient (Wildman–Crippen LogP) is 5.32. The van der Waals surface area contributed by atoms with Crippen molar-refractivity contribution in [2.75, 3.05) is 23.4 Å². The molecule has 6 heteroatoms. The monoisotopic (exact) mass is 428 g/mol. The number of nitrogens with one attached hydrogen (secondary N) is 1. The van der Waals surface area contributed by atoms with Gasteiger partial charge in [0.2, 0.25) is 11.8 Å². The predicted molar refractivity (Wildman–Crippen MR) is 121 cm³/mol. The molecule has 5 nitrogen and oxygen atoms in total. The number of carbonyl (C=O) groups is 2. The minimum atomic E-state index is -0.617. The van der Waals surface area contributed by atoms with Gasteiger partial charge < -0.3 is 15.0 Å². The summed E-state index contributed by atoms with van der Waals surface area (Å²) in [7, 11) is 0. The number of benzene rings is 2. The molecule has 3 rings (SSSR count). The van der Waals surface area contributed by atoms with Crippen molar-refractivity contribution >= 4 is 34.8 Å². The number of ether oxygens (including phenoxy) is 1. The average molecular weight is 429 g/mol. The van der Waals surface area contributed by atoms with Crippen LogP contribution in [0.15, 0.2) is 42.5 Å². The van der Waals surface area contributed by atoms with Crippen LogP contribution in [0, 0.1) is 11.3 Å². The van der Waals surface area contributed by atoms with E-state index in [1.807, 2.05) is 44.2 Å². The molecule has 0 radical (unpaired) electrons. The summed E-state index contributed by atoms with van der Waals surface area (Å²) in [5, 5.41) is 3.57. The lowest BCUT2D eigenvalue weighted by Crippen LogP contribution is -2.42. The third-order valence-corrected chi connectivity index (χ3v) is 5.41. The molecule has 2 aromatic rings. The zero-order valence-electron chi connectivity index (χ0n) is 18.0. The van der Waals surface area contributed by atoms with Crippen molar-refractivity contribution in [3.05, 3.63) is 53.1 Å². The molecule has 1 aliphatic rings. The van der Waals surface area contributed by atoms with Crippen LogP contribution in [0.1, 0.15) is 39.7 Å². The van der Waals surface area contributed by atoms with Gasteiger partial charge in [-0.2, -0.15) is 0 Å². The van der Waals surface area contributed by atoms with Crippen LogP contribution in [0.5, 0.6) is 5.75 Å². The number of rotatable bonds is 6. The number of hydrogen-bond acceptors (Lipinski definition) is 3. The van der Waals surface area contributed by atoms with E-state index in [2.05, 4.69) is 19.2 Å². The second-order valence-corrected chi connectivity index (χ2v) is 9.28. The largest absolute Gasteiger partial charge is 0.490 e. The molecule has 0 aromatic heterocycles. The van der Waals surface area contributed by atoms with E-state index in [4.69, 9.17) is 16.3 Å². The SMILES string of the molecule is CC(C)CCN1C(=O)C(C)(C)COc2ccc(NC(=O)Cc3ccc(Cl)cc3)cc21. The van der Waals surface area contributed by atoms with Crippen molar-refractivity contribution in [3.8, 4) is 5.75 Å². The van der Waals surface area contributed by atoms with E-state index in [9.17, 15) is 9.59 Å². The lowest BCUT2D eigenvalue weighted by Gasteiger charge is -2.28. The van der Waals surface area contributed by atoms with Crippen LogP contribution in [-0.2, 0) is 16.0 Å². The van der Waals surface area contributed by atoms with Gasteiger partial charge in [0.05, 0.1) is 17.5 Å². The zero-order valence-corrected chi connectivity index (χ0v) is 18.8. The molecular formula is C24H29ClN2O3. The number of hydrogen-bond donors (Lipinski definition) is 1. The summed E-state index contributed by atoms with van der Waals surface area (Å²) in [5.41, 5.74) is 1.60. The van der Waals surface area contributed by atoms with Crippen molar-refractivity contribution < 1.29 is 14.3 Å². The molecule has 0 atom stereocenters. The van der Waals surface area contributed by atoms with E-state index in [1.54, 1.807) is 17.0 Å². The van der Waals surface area contributed by atoms with Crippen molar-refractivity contribution in [3.63, 3.8) is 0 Å². The summed E-state index contributed by atoms with van der Waals surface area (Å²) in [6, 6.07) is 12.7. The summed E-state index contributed by atoms with van der Waals surface area (Å²) in [4.78, 5) is 27.5. The van der Waals surface area contributed by atoms with Gasteiger partial charge in [-0.05, 0) is 62.1 Å². The van der Waals surface area contributed by atoms with Crippen LogP contribution in [0.2, 0.25) is 5.02 Å². The average Bonchev–Trinajstić information content (AvgIpc) is 2.77. The van der Waals surface area contributed by atoms with Crippen LogP contribution in [0.25, 0.3) is 0 Å². The highest BCUT2D eigenvalue weighted by Crippen LogP contribution is 2.38. The fourth-order valence-corrected chi connectivity index (χ4v) is 3.45. The number of carbonyl (C=O) groups excluding carboxylic acids is 2. The summed E-state index contributed by atoms with van der Waals surface area (Å²) in [5.74, 6) is 1.03. The number of anilines is 2. The maximum absolute atomic E-state index is 13.2. The van der Waals surface area contributed by atoms with E-state index < -0.39 is 5.41 Å². The number of fused-ring (bicyclic) bond motifs is 1. The number of amides is 2. The van der Waals surface area contributed by atoms with Gasteiger partial charge in [0.1, 0.15) is 12.4 Å². The Hall–Kier alpha value is -2.53. The third-order valence-electron chi connectivity index (χ3n) is 5.15. The summed E-state index contributed by atoms with van der Waals surface area (Å²) in [6.45, 7) is 9.01. The first-order valence-electron chi connectivity index (χ1n) is 10.3. The van der Waals surface area contributed by atoms with Crippen LogP contribution in [0.3, 0.4) is 0 Å². The highest BCUT2D eigenvalue weighted by Gasteiger charge is 2.37. The molecule has 30 heavy (non-hydrogen) atoms. The van der Waals surface area contributed by atoms with Gasteiger partial charge in [0, 0.05) is 17.3 Å². The first-order chi connectivity index (χ1) is 14.2. The van der Waals surface area contributed by atoms with Crippen molar-refractivity contribution in [2.24, 2.45) is 11.3 Å². The molecule has 0 bridgehead atoms. The molecule has 0 fully saturated rings. The number of halogens is 1. The van der Waals surface area contributed by atoms with Crippen molar-refractivity contribution in [1.82, 2.24) is 0 Å². The molecule has 0 unspecified atom stereocenters. The Morgan fingerprint density at radius 3 is 2.57 bits per heavy atom. The highest BCUT2D eigenvalue weighted by molar-refractivity contribution is 6.30. The van der Waals surface area contributed by atoms with E-state index in [0.717, 1.165) is 12.0 Å². The Bertz CT molecular complexity index is 923. The molecule has 1 N–H and O–H groups in total. The Balaban J connectivity index is 1.82. The lowest BCUT2D eigenvalue weighted by molar-refractivity contribution is -0.127. The topological polar surface area (TPSA) is 58.6 Å². The van der Waals surface area contributed by atoms with E-state index in [-0.39, 0.29) is 18.2 Å². The van der Waals surface area contributed by atoms with E-state index in [0.29, 0.717) is 41.2 Å². The quantitative estimate of drug-likeness (QED) is 0.677. The van der Waals surface area contributed by atoms with Gasteiger partial charge in [-0.1, -0.05) is 37.6 Å². The van der Waals surface area contributed by atoms with Crippen LogP contribution >= 0.6 is 11.6 Å². The molecule has 160 valence electrons. The molecule has 1 aliphatic heterocycles.